The van der Waals surface area contributed by atoms with Crippen LogP contribution in [0.5, 0.6) is 0 Å². The van der Waals surface area contributed by atoms with Crippen LogP contribution in [0.15, 0.2) is 0 Å². The van der Waals surface area contributed by atoms with Gasteiger partial charge >= 0.3 is 5.97 Å². The molecule has 0 saturated carbocycles. The first-order valence-electron chi connectivity index (χ1n) is 4.29. The topological polar surface area (TPSA) is 65.4 Å². The minimum Gasteiger partial charge on any atom is -0.365 e. The molecule has 1 rings (SSSR count). The number of hydroxylamine groups is 2. The molecule has 0 radical (unpaired) electrons. The molecule has 5 heteroatoms. The lowest BCUT2D eigenvalue weighted by molar-refractivity contribution is -0.189. The van der Waals surface area contributed by atoms with Crippen LogP contribution in [0.25, 0.3) is 0 Å². The second-order valence-corrected chi connectivity index (χ2v) is 2.92. The molecule has 5 nitrogen and oxygen atoms in total. The first kappa shape index (κ1) is 9.96. The van der Waals surface area contributed by atoms with Gasteiger partial charge in [-0.3, -0.25) is 0 Å². The molecule has 1 atom stereocenters. The quantitative estimate of drug-likeness (QED) is 0.648. The highest BCUT2D eigenvalue weighted by molar-refractivity contribution is 5.71. The van der Waals surface area contributed by atoms with Crippen molar-refractivity contribution in [2.24, 2.45) is 0 Å². The first-order chi connectivity index (χ1) is 6.27. The van der Waals surface area contributed by atoms with Crippen LogP contribution in [0.2, 0.25) is 0 Å². The van der Waals surface area contributed by atoms with Crippen LogP contribution in [0.3, 0.4) is 0 Å². The summed E-state index contributed by atoms with van der Waals surface area (Å²) in [6.45, 7) is 0.836. The van der Waals surface area contributed by atoms with Gasteiger partial charge in [0.2, 0.25) is 0 Å². The van der Waals surface area contributed by atoms with Gasteiger partial charge in [-0.25, -0.2) is 4.79 Å². The fourth-order valence-electron chi connectivity index (χ4n) is 1.29. The zero-order valence-corrected chi connectivity index (χ0v) is 7.62. The van der Waals surface area contributed by atoms with E-state index < -0.39 is 0 Å². The molecule has 0 unspecified atom stereocenters. The van der Waals surface area contributed by atoms with Crippen molar-refractivity contribution in [3.05, 3.63) is 0 Å². The molecule has 0 bridgehead atoms. The molecule has 0 aromatic heterocycles. The molecule has 1 fully saturated rings. The molecule has 1 heterocycles. The van der Waals surface area contributed by atoms with Crippen molar-refractivity contribution in [1.82, 2.24) is 10.4 Å². The summed E-state index contributed by atoms with van der Waals surface area (Å²) in [5.74, 6) is -0.343. The van der Waals surface area contributed by atoms with Crippen LogP contribution in [0.1, 0.15) is 12.8 Å². The molecular weight excluding hydrogens is 170 g/mol. The number of carbonyl (C=O) groups is 1. The normalized spacial score (nSPS) is 22.6. The second-order valence-electron chi connectivity index (χ2n) is 2.92. The van der Waals surface area contributed by atoms with E-state index in [1.807, 2.05) is 0 Å². The van der Waals surface area contributed by atoms with Crippen molar-refractivity contribution in [3.63, 3.8) is 0 Å². The molecule has 0 aromatic carbocycles. The predicted octanol–water partition coefficient (Wildman–Crippen LogP) is -0.348. The van der Waals surface area contributed by atoms with E-state index in [-0.39, 0.29) is 18.6 Å². The van der Waals surface area contributed by atoms with Crippen molar-refractivity contribution in [2.75, 3.05) is 20.1 Å². The molecule has 1 N–H and O–H groups in total. The average molecular weight is 183 g/mol. The molecule has 1 aliphatic heterocycles. The van der Waals surface area contributed by atoms with Crippen LogP contribution >= 0.6 is 0 Å². The van der Waals surface area contributed by atoms with E-state index in [9.17, 15) is 4.79 Å². The maximum absolute atomic E-state index is 11.0. The third kappa shape index (κ3) is 2.68. The number of nitriles is 1. The van der Waals surface area contributed by atoms with Gasteiger partial charge in [0.15, 0.2) is 0 Å². The number of likely N-dealkylation sites (N-methyl/N-ethyl adjacent to an activating group) is 1. The van der Waals surface area contributed by atoms with Gasteiger partial charge in [-0.15, -0.1) is 5.06 Å². The van der Waals surface area contributed by atoms with Crippen molar-refractivity contribution < 1.29 is 9.63 Å². The number of nitrogens with zero attached hydrogens (tertiary/aromatic N) is 2. The van der Waals surface area contributed by atoms with Crippen LogP contribution in [-0.4, -0.2) is 37.2 Å². The summed E-state index contributed by atoms with van der Waals surface area (Å²) in [4.78, 5) is 16.0. The lowest BCUT2D eigenvalue weighted by atomic mass is 10.2. The van der Waals surface area contributed by atoms with Gasteiger partial charge in [-0.2, -0.15) is 5.26 Å². The minimum atomic E-state index is -0.343. The Morgan fingerprint density at radius 3 is 3.23 bits per heavy atom. The van der Waals surface area contributed by atoms with E-state index in [2.05, 4.69) is 11.4 Å². The third-order valence-corrected chi connectivity index (χ3v) is 1.89. The van der Waals surface area contributed by atoms with Gasteiger partial charge < -0.3 is 10.2 Å². The second kappa shape index (κ2) is 4.80. The van der Waals surface area contributed by atoms with E-state index in [0.717, 1.165) is 12.8 Å². The van der Waals surface area contributed by atoms with Crippen molar-refractivity contribution >= 4 is 5.97 Å². The third-order valence-electron chi connectivity index (χ3n) is 1.89. The summed E-state index contributed by atoms with van der Waals surface area (Å²) >= 11 is 0. The number of carbonyl (C=O) groups excluding carboxylic acids is 1. The zero-order valence-electron chi connectivity index (χ0n) is 7.62. The number of hydrogen-bond acceptors (Lipinski definition) is 5. The summed E-state index contributed by atoms with van der Waals surface area (Å²) in [5.41, 5.74) is 0. The van der Waals surface area contributed by atoms with Gasteiger partial charge in [0.1, 0.15) is 6.04 Å². The zero-order chi connectivity index (χ0) is 9.68. The highest BCUT2D eigenvalue weighted by atomic mass is 16.7. The minimum absolute atomic E-state index is 0.175. The monoisotopic (exact) mass is 183 g/mol. The smallest absolute Gasteiger partial charge is 0.338 e. The Balaban J connectivity index is 2.36. The van der Waals surface area contributed by atoms with E-state index >= 15 is 0 Å². The lowest BCUT2D eigenvalue weighted by Gasteiger charge is -2.17. The fourth-order valence-corrected chi connectivity index (χ4v) is 1.29. The summed E-state index contributed by atoms with van der Waals surface area (Å²) in [6.07, 6.45) is 1.69. The molecule has 0 amide bonds. The average Bonchev–Trinajstić information content (AvgIpc) is 2.52. The Bertz CT molecular complexity index is 224. The molecular formula is C8H13N3O2. The van der Waals surface area contributed by atoms with Gasteiger partial charge in [0.05, 0.1) is 12.6 Å². The Morgan fingerprint density at radius 1 is 1.85 bits per heavy atom. The highest BCUT2D eigenvalue weighted by Gasteiger charge is 2.27. The molecule has 72 valence electrons. The predicted molar refractivity (Wildman–Crippen MR) is 45.4 cm³/mol. The van der Waals surface area contributed by atoms with Crippen molar-refractivity contribution in [3.8, 4) is 6.07 Å². The van der Waals surface area contributed by atoms with Gasteiger partial charge in [-0.1, -0.05) is 0 Å². The van der Waals surface area contributed by atoms with E-state index in [0.29, 0.717) is 6.54 Å². The molecule has 1 saturated heterocycles. The standard InChI is InChI=1S/C8H13N3O2/c1-10-6-8(12)13-11-4-2-3-7(11)5-9/h7,10H,2-4,6H2,1H3/t7-/m0/s1. The van der Waals surface area contributed by atoms with E-state index in [1.54, 1.807) is 7.05 Å². The Labute approximate surface area is 77.2 Å². The lowest BCUT2D eigenvalue weighted by Crippen LogP contribution is -2.34. The molecule has 0 aromatic rings. The summed E-state index contributed by atoms with van der Waals surface area (Å²) in [6, 6.07) is 1.83. The van der Waals surface area contributed by atoms with Crippen molar-refractivity contribution in [2.45, 2.75) is 18.9 Å². The Morgan fingerprint density at radius 2 is 2.62 bits per heavy atom. The Kier molecular flexibility index (Phi) is 3.68. The van der Waals surface area contributed by atoms with Gasteiger partial charge in [0, 0.05) is 6.54 Å². The largest absolute Gasteiger partial charge is 0.365 e. The van der Waals surface area contributed by atoms with Crippen LogP contribution in [0.4, 0.5) is 0 Å². The number of rotatable bonds is 3. The molecule has 1 aliphatic rings. The van der Waals surface area contributed by atoms with Gasteiger partial charge in [-0.05, 0) is 19.9 Å². The number of hydrogen-bond donors (Lipinski definition) is 1. The fraction of sp³-hybridized carbons (Fsp3) is 0.750. The maximum atomic E-state index is 11.0. The molecule has 13 heavy (non-hydrogen) atoms. The van der Waals surface area contributed by atoms with E-state index in [1.165, 1.54) is 5.06 Å². The maximum Gasteiger partial charge on any atom is 0.338 e. The highest BCUT2D eigenvalue weighted by Crippen LogP contribution is 2.16. The van der Waals surface area contributed by atoms with Gasteiger partial charge in [0.25, 0.3) is 0 Å². The Hall–Kier alpha value is -1.12. The summed E-state index contributed by atoms with van der Waals surface area (Å²) in [7, 11) is 1.67. The molecule has 0 aliphatic carbocycles. The van der Waals surface area contributed by atoms with Crippen LogP contribution in [0, 0.1) is 11.3 Å². The van der Waals surface area contributed by atoms with Crippen molar-refractivity contribution in [1.29, 1.82) is 5.26 Å². The van der Waals surface area contributed by atoms with E-state index in [4.69, 9.17) is 10.1 Å². The van der Waals surface area contributed by atoms with Crippen LogP contribution < -0.4 is 5.32 Å². The summed E-state index contributed by atoms with van der Waals surface area (Å²) in [5, 5.41) is 12.8. The SMILES string of the molecule is CNCC(=O)ON1CCC[C@H]1C#N. The first-order valence-corrected chi connectivity index (χ1v) is 4.29. The molecule has 0 spiro atoms. The number of nitrogens with one attached hydrogen (secondary N) is 1. The summed E-state index contributed by atoms with van der Waals surface area (Å²) < 4.78 is 0. The van der Waals surface area contributed by atoms with Crippen LogP contribution in [-0.2, 0) is 9.63 Å².